The molecule has 2 rings (SSSR count). The Bertz CT molecular complexity index is 708. The van der Waals surface area contributed by atoms with E-state index in [1.807, 2.05) is 0 Å². The molecular formula is C11H9BrClNO3S2. The molecule has 2 aromatic rings. The van der Waals surface area contributed by atoms with Crippen molar-refractivity contribution in [2.75, 3.05) is 4.72 Å². The molecule has 0 saturated carbocycles. The second-order valence-electron chi connectivity index (χ2n) is 3.74. The van der Waals surface area contributed by atoms with Crippen molar-refractivity contribution in [2.24, 2.45) is 0 Å². The monoisotopic (exact) mass is 381 g/mol. The summed E-state index contributed by atoms with van der Waals surface area (Å²) in [4.78, 5) is 0. The summed E-state index contributed by atoms with van der Waals surface area (Å²) in [7, 11) is -3.71. The summed E-state index contributed by atoms with van der Waals surface area (Å²) < 4.78 is 27.4. The number of phenols is 1. The third-order valence-electron chi connectivity index (χ3n) is 2.44. The molecule has 1 aromatic heterocycles. The molecule has 1 heterocycles. The van der Waals surface area contributed by atoms with E-state index in [9.17, 15) is 13.5 Å². The Morgan fingerprint density at radius 1 is 1.42 bits per heavy atom. The van der Waals surface area contributed by atoms with Crippen molar-refractivity contribution in [1.82, 2.24) is 0 Å². The molecule has 0 bridgehead atoms. The van der Waals surface area contributed by atoms with Gasteiger partial charge in [-0.2, -0.15) is 0 Å². The van der Waals surface area contributed by atoms with E-state index >= 15 is 0 Å². The van der Waals surface area contributed by atoms with Crippen LogP contribution in [0.1, 0.15) is 5.56 Å². The molecule has 1 aromatic carbocycles. The molecule has 102 valence electrons. The molecule has 0 aliphatic carbocycles. The smallest absolute Gasteiger partial charge is 0.271 e. The molecule has 0 saturated heterocycles. The molecule has 0 aliphatic rings. The molecular weight excluding hydrogens is 374 g/mol. The summed E-state index contributed by atoms with van der Waals surface area (Å²) in [5.74, 6) is 0.0330. The molecule has 0 aliphatic heterocycles. The summed E-state index contributed by atoms with van der Waals surface area (Å²) in [6, 6.07) is 6.01. The molecule has 0 fully saturated rings. The first kappa shape index (κ1) is 14.6. The maximum Gasteiger partial charge on any atom is 0.271 e. The standard InChI is InChI=1S/C11H9BrClNO3S2/c1-6-8(3-2-4-9(6)15)14-19(16,17)10-5-7(13)11(12)18-10/h2-5,14-15H,1H3. The second-order valence-corrected chi connectivity index (χ2v) is 8.43. The van der Waals surface area contributed by atoms with Gasteiger partial charge in [-0.15, -0.1) is 11.3 Å². The van der Waals surface area contributed by atoms with Crippen LogP contribution in [0, 0.1) is 6.92 Å². The van der Waals surface area contributed by atoms with E-state index in [1.165, 1.54) is 12.1 Å². The Morgan fingerprint density at radius 3 is 2.68 bits per heavy atom. The number of aromatic hydroxyl groups is 1. The zero-order valence-corrected chi connectivity index (χ0v) is 13.6. The van der Waals surface area contributed by atoms with Crippen molar-refractivity contribution in [1.29, 1.82) is 0 Å². The van der Waals surface area contributed by atoms with Gasteiger partial charge in [0.15, 0.2) is 0 Å². The second kappa shape index (κ2) is 5.32. The molecule has 0 radical (unpaired) electrons. The highest BCUT2D eigenvalue weighted by molar-refractivity contribution is 9.11. The molecule has 2 N–H and O–H groups in total. The Labute approximate surface area is 128 Å². The minimum Gasteiger partial charge on any atom is -0.508 e. The van der Waals surface area contributed by atoms with Gasteiger partial charge in [-0.3, -0.25) is 4.72 Å². The minimum absolute atomic E-state index is 0.0330. The quantitative estimate of drug-likeness (QED) is 0.844. The van der Waals surface area contributed by atoms with E-state index in [0.29, 0.717) is 20.1 Å². The van der Waals surface area contributed by atoms with Gasteiger partial charge in [-0.25, -0.2) is 8.42 Å². The highest BCUT2D eigenvalue weighted by Gasteiger charge is 2.20. The average Bonchev–Trinajstić information content (AvgIpc) is 2.66. The molecule has 0 spiro atoms. The largest absolute Gasteiger partial charge is 0.508 e. The van der Waals surface area contributed by atoms with Gasteiger partial charge in [0.05, 0.1) is 14.5 Å². The van der Waals surface area contributed by atoms with Crippen LogP contribution in [-0.4, -0.2) is 13.5 Å². The summed E-state index contributed by atoms with van der Waals surface area (Å²) in [6.07, 6.45) is 0. The van der Waals surface area contributed by atoms with Crippen molar-refractivity contribution >= 4 is 54.6 Å². The van der Waals surface area contributed by atoms with Crippen LogP contribution in [0.15, 0.2) is 32.3 Å². The fraction of sp³-hybridized carbons (Fsp3) is 0.0909. The topological polar surface area (TPSA) is 66.4 Å². The highest BCUT2D eigenvalue weighted by Crippen LogP contribution is 2.36. The Morgan fingerprint density at radius 2 is 2.11 bits per heavy atom. The first-order valence-corrected chi connectivity index (χ1v) is 8.54. The fourth-order valence-corrected chi connectivity index (χ4v) is 4.91. The highest BCUT2D eigenvalue weighted by atomic mass is 79.9. The van der Waals surface area contributed by atoms with E-state index in [2.05, 4.69) is 20.7 Å². The SMILES string of the molecule is Cc1c(O)cccc1NS(=O)(=O)c1cc(Cl)c(Br)s1. The third kappa shape index (κ3) is 3.05. The summed E-state index contributed by atoms with van der Waals surface area (Å²) in [6.45, 7) is 1.63. The number of rotatable bonds is 3. The molecule has 0 amide bonds. The Balaban J connectivity index is 2.39. The Hall–Kier alpha value is -0.760. The van der Waals surface area contributed by atoms with Crippen LogP contribution >= 0.6 is 38.9 Å². The third-order valence-corrected chi connectivity index (χ3v) is 6.75. The van der Waals surface area contributed by atoms with E-state index in [-0.39, 0.29) is 9.96 Å². The normalized spacial score (nSPS) is 11.5. The van der Waals surface area contributed by atoms with Gasteiger partial charge in [-0.05, 0) is 41.1 Å². The van der Waals surface area contributed by atoms with Crippen LogP contribution in [0.4, 0.5) is 5.69 Å². The lowest BCUT2D eigenvalue weighted by atomic mass is 10.2. The number of nitrogens with one attached hydrogen (secondary N) is 1. The summed E-state index contributed by atoms with van der Waals surface area (Å²) in [5, 5.41) is 9.90. The van der Waals surface area contributed by atoms with E-state index in [4.69, 9.17) is 11.6 Å². The van der Waals surface area contributed by atoms with E-state index in [0.717, 1.165) is 11.3 Å². The molecule has 19 heavy (non-hydrogen) atoms. The number of phenolic OH excluding ortho intramolecular Hbond substituents is 1. The van der Waals surface area contributed by atoms with Gasteiger partial charge in [0.25, 0.3) is 10.0 Å². The van der Waals surface area contributed by atoms with Crippen molar-refractivity contribution < 1.29 is 13.5 Å². The number of hydrogen-bond acceptors (Lipinski definition) is 4. The van der Waals surface area contributed by atoms with Crippen LogP contribution in [0.2, 0.25) is 5.02 Å². The molecule has 4 nitrogen and oxygen atoms in total. The lowest BCUT2D eigenvalue weighted by Gasteiger charge is -2.09. The van der Waals surface area contributed by atoms with Gasteiger partial charge in [-0.1, -0.05) is 17.7 Å². The molecule has 8 heteroatoms. The van der Waals surface area contributed by atoms with Crippen LogP contribution in [-0.2, 0) is 10.0 Å². The van der Waals surface area contributed by atoms with Crippen molar-refractivity contribution in [2.45, 2.75) is 11.1 Å². The van der Waals surface area contributed by atoms with Crippen LogP contribution < -0.4 is 4.72 Å². The minimum atomic E-state index is -3.71. The first-order chi connectivity index (χ1) is 8.81. The maximum absolute atomic E-state index is 12.2. The number of halogens is 2. The molecule has 0 atom stereocenters. The number of anilines is 1. The predicted octanol–water partition coefficient (Wildman–Crippen LogP) is 3.98. The van der Waals surface area contributed by atoms with E-state index in [1.54, 1.807) is 19.1 Å². The fourth-order valence-electron chi connectivity index (χ4n) is 1.39. The number of thiophene rings is 1. The number of sulfonamides is 1. The van der Waals surface area contributed by atoms with Crippen molar-refractivity contribution in [3.8, 4) is 5.75 Å². The van der Waals surface area contributed by atoms with Crippen molar-refractivity contribution in [3.05, 3.63) is 38.6 Å². The van der Waals surface area contributed by atoms with Crippen LogP contribution in [0.5, 0.6) is 5.75 Å². The predicted molar refractivity (Wildman–Crippen MR) is 80.7 cm³/mol. The Kier molecular flexibility index (Phi) is 4.10. The lowest BCUT2D eigenvalue weighted by molar-refractivity contribution is 0.471. The maximum atomic E-state index is 12.2. The zero-order chi connectivity index (χ0) is 14.2. The summed E-state index contributed by atoms with van der Waals surface area (Å²) in [5.41, 5.74) is 0.799. The zero-order valence-electron chi connectivity index (χ0n) is 9.65. The van der Waals surface area contributed by atoms with Crippen LogP contribution in [0.3, 0.4) is 0 Å². The van der Waals surface area contributed by atoms with Gasteiger partial charge in [0.2, 0.25) is 0 Å². The number of benzene rings is 1. The van der Waals surface area contributed by atoms with Crippen molar-refractivity contribution in [3.63, 3.8) is 0 Å². The molecule has 0 unspecified atom stereocenters. The lowest BCUT2D eigenvalue weighted by Crippen LogP contribution is -2.12. The van der Waals surface area contributed by atoms with Crippen LogP contribution in [0.25, 0.3) is 0 Å². The van der Waals surface area contributed by atoms with Gasteiger partial charge in [0, 0.05) is 5.56 Å². The van der Waals surface area contributed by atoms with Gasteiger partial charge < -0.3 is 5.11 Å². The summed E-state index contributed by atoms with van der Waals surface area (Å²) >= 11 is 10.0. The number of hydrogen-bond donors (Lipinski definition) is 2. The van der Waals surface area contributed by atoms with Gasteiger partial charge in [0.1, 0.15) is 9.96 Å². The average molecular weight is 383 g/mol. The first-order valence-electron chi connectivity index (χ1n) is 5.07. The van der Waals surface area contributed by atoms with Gasteiger partial charge >= 0.3 is 0 Å². The van der Waals surface area contributed by atoms with E-state index < -0.39 is 10.0 Å².